The molecule has 0 saturated heterocycles. The van der Waals surface area contributed by atoms with Gasteiger partial charge in [-0.2, -0.15) is 15.4 Å². The van der Waals surface area contributed by atoms with Crippen LogP contribution in [0.2, 0.25) is 8.67 Å². The molecule has 0 spiro atoms. The lowest BCUT2D eigenvalue weighted by molar-refractivity contribution is 0.601. The molecule has 20 heavy (non-hydrogen) atoms. The molecule has 0 aliphatic heterocycles. The van der Waals surface area contributed by atoms with E-state index < -0.39 is 10.0 Å². The van der Waals surface area contributed by atoms with Gasteiger partial charge < -0.3 is 0 Å². The Labute approximate surface area is 127 Å². The molecule has 10 heteroatoms. The molecule has 0 bridgehead atoms. The second-order valence-corrected chi connectivity index (χ2v) is 7.76. The van der Waals surface area contributed by atoms with Crippen LogP contribution in [0.15, 0.2) is 29.2 Å². The quantitative estimate of drug-likeness (QED) is 0.760. The topological polar surface area (TPSA) is 87.7 Å². The van der Waals surface area contributed by atoms with Crippen molar-refractivity contribution < 1.29 is 8.42 Å². The van der Waals surface area contributed by atoms with Crippen LogP contribution < -0.4 is 4.72 Å². The van der Waals surface area contributed by atoms with Gasteiger partial charge >= 0.3 is 0 Å². The average Bonchev–Trinajstić information content (AvgIpc) is 2.94. The molecule has 3 rings (SSSR count). The Morgan fingerprint density at radius 1 is 1.15 bits per heavy atom. The minimum absolute atomic E-state index is 0.0468. The van der Waals surface area contributed by atoms with Crippen LogP contribution in [-0.4, -0.2) is 23.8 Å². The number of sulfonamides is 1. The van der Waals surface area contributed by atoms with E-state index in [4.69, 9.17) is 23.2 Å². The second kappa shape index (κ2) is 4.88. The Hall–Kier alpha value is -1.35. The van der Waals surface area contributed by atoms with E-state index in [0.717, 1.165) is 11.3 Å². The summed E-state index contributed by atoms with van der Waals surface area (Å²) in [4.78, 5) is -0.0468. The van der Waals surface area contributed by atoms with Gasteiger partial charge in [-0.3, -0.25) is 4.72 Å². The molecule has 2 heterocycles. The van der Waals surface area contributed by atoms with E-state index in [2.05, 4.69) is 20.1 Å². The maximum atomic E-state index is 12.2. The van der Waals surface area contributed by atoms with Gasteiger partial charge in [0.15, 0.2) is 0 Å². The molecule has 0 saturated carbocycles. The molecule has 0 unspecified atom stereocenters. The summed E-state index contributed by atoms with van der Waals surface area (Å²) in [6.45, 7) is 0. The van der Waals surface area contributed by atoms with Crippen LogP contribution in [-0.2, 0) is 10.0 Å². The number of rotatable bonds is 3. The summed E-state index contributed by atoms with van der Waals surface area (Å²) < 4.78 is 27.3. The van der Waals surface area contributed by atoms with Crippen LogP contribution in [0.4, 0.5) is 5.69 Å². The third-order valence-corrected chi connectivity index (χ3v) is 5.62. The highest BCUT2D eigenvalue weighted by molar-refractivity contribution is 7.93. The normalized spacial score (nSPS) is 11.9. The fraction of sp³-hybridized carbons (Fsp3) is 0. The van der Waals surface area contributed by atoms with Crippen LogP contribution in [0.1, 0.15) is 0 Å². The van der Waals surface area contributed by atoms with Crippen molar-refractivity contribution in [3.63, 3.8) is 0 Å². The van der Waals surface area contributed by atoms with Crippen molar-refractivity contribution in [2.24, 2.45) is 0 Å². The average molecular weight is 349 g/mol. The van der Waals surface area contributed by atoms with Crippen LogP contribution in [0, 0.1) is 0 Å². The van der Waals surface area contributed by atoms with Gasteiger partial charge in [0.25, 0.3) is 10.0 Å². The standard InChI is InChI=1S/C10H6Cl2N4O2S2/c11-9-4-8(10(12)19-9)20(17,18)15-5-1-2-6-7(3-5)14-16-13-6/h1-4,15H,(H,13,14,16). The van der Waals surface area contributed by atoms with E-state index in [1.807, 2.05) is 0 Å². The zero-order valence-corrected chi connectivity index (χ0v) is 12.7. The lowest BCUT2D eigenvalue weighted by Gasteiger charge is -2.06. The van der Waals surface area contributed by atoms with Crippen LogP contribution in [0.3, 0.4) is 0 Å². The highest BCUT2D eigenvalue weighted by atomic mass is 35.5. The number of aromatic amines is 1. The van der Waals surface area contributed by atoms with Crippen LogP contribution >= 0.6 is 34.5 Å². The number of anilines is 1. The van der Waals surface area contributed by atoms with Crippen molar-refractivity contribution in [3.8, 4) is 0 Å². The lowest BCUT2D eigenvalue weighted by atomic mass is 10.3. The summed E-state index contributed by atoms with van der Waals surface area (Å²) in [5, 5.41) is 10.2. The van der Waals surface area contributed by atoms with Gasteiger partial charge in [-0.05, 0) is 24.3 Å². The Morgan fingerprint density at radius 3 is 2.60 bits per heavy atom. The first kappa shape index (κ1) is 13.6. The molecule has 104 valence electrons. The second-order valence-electron chi connectivity index (χ2n) is 3.82. The Balaban J connectivity index is 1.98. The van der Waals surface area contributed by atoms with E-state index in [-0.39, 0.29) is 9.23 Å². The molecule has 0 aliphatic rings. The number of fused-ring (bicyclic) bond motifs is 1. The lowest BCUT2D eigenvalue weighted by Crippen LogP contribution is -2.12. The van der Waals surface area contributed by atoms with Crippen molar-refractivity contribution in [2.45, 2.75) is 4.90 Å². The highest BCUT2D eigenvalue weighted by Crippen LogP contribution is 2.35. The number of hydrogen-bond acceptors (Lipinski definition) is 5. The number of benzene rings is 1. The maximum absolute atomic E-state index is 12.2. The van der Waals surface area contributed by atoms with Gasteiger partial charge in [0, 0.05) is 0 Å². The van der Waals surface area contributed by atoms with Gasteiger partial charge in [-0.15, -0.1) is 11.3 Å². The molecule has 0 amide bonds. The summed E-state index contributed by atoms with van der Waals surface area (Å²) in [6.07, 6.45) is 0. The summed E-state index contributed by atoms with van der Waals surface area (Å²) in [7, 11) is -3.79. The number of nitrogens with zero attached hydrogens (tertiary/aromatic N) is 2. The van der Waals surface area contributed by atoms with Gasteiger partial charge in [0.2, 0.25) is 0 Å². The maximum Gasteiger partial charge on any atom is 0.264 e. The SMILES string of the molecule is O=S(=O)(Nc1ccc2n[nH]nc2c1)c1cc(Cl)sc1Cl. The van der Waals surface area contributed by atoms with Crippen molar-refractivity contribution >= 4 is 61.3 Å². The minimum Gasteiger partial charge on any atom is -0.279 e. The number of hydrogen-bond donors (Lipinski definition) is 2. The fourth-order valence-electron chi connectivity index (χ4n) is 1.62. The summed E-state index contributed by atoms with van der Waals surface area (Å²) >= 11 is 12.6. The highest BCUT2D eigenvalue weighted by Gasteiger charge is 2.21. The monoisotopic (exact) mass is 348 g/mol. The van der Waals surface area contributed by atoms with Crippen LogP contribution in [0.5, 0.6) is 0 Å². The van der Waals surface area contributed by atoms with Crippen LogP contribution in [0.25, 0.3) is 11.0 Å². The summed E-state index contributed by atoms with van der Waals surface area (Å²) in [6, 6.07) is 6.12. The van der Waals surface area contributed by atoms with E-state index in [9.17, 15) is 8.42 Å². The first-order chi connectivity index (χ1) is 9.45. The Bertz CT molecular complexity index is 888. The van der Waals surface area contributed by atoms with Crippen molar-refractivity contribution in [2.75, 3.05) is 4.72 Å². The van der Waals surface area contributed by atoms with E-state index >= 15 is 0 Å². The molecule has 0 radical (unpaired) electrons. The predicted molar refractivity (Wildman–Crippen MR) is 79.0 cm³/mol. The predicted octanol–water partition coefficient (Wildman–Crippen LogP) is 3.13. The summed E-state index contributed by atoms with van der Waals surface area (Å²) in [5.41, 5.74) is 1.56. The van der Waals surface area contributed by atoms with Crippen molar-refractivity contribution in [1.82, 2.24) is 15.4 Å². The molecule has 0 atom stereocenters. The van der Waals surface area contributed by atoms with Crippen molar-refractivity contribution in [1.29, 1.82) is 0 Å². The molecular formula is C10H6Cl2N4O2S2. The number of nitrogens with one attached hydrogen (secondary N) is 2. The van der Waals surface area contributed by atoms with Gasteiger partial charge in [-0.1, -0.05) is 23.2 Å². The first-order valence-electron chi connectivity index (χ1n) is 5.24. The number of aromatic nitrogens is 3. The van der Waals surface area contributed by atoms with Gasteiger partial charge in [-0.25, -0.2) is 8.42 Å². The third kappa shape index (κ3) is 2.47. The number of thiophene rings is 1. The minimum atomic E-state index is -3.79. The van der Waals surface area contributed by atoms with Gasteiger partial charge in [0.1, 0.15) is 20.3 Å². The van der Waals surface area contributed by atoms with E-state index in [0.29, 0.717) is 21.1 Å². The first-order valence-corrected chi connectivity index (χ1v) is 8.29. The molecule has 6 nitrogen and oxygen atoms in total. The molecule has 2 N–H and O–H groups in total. The molecule has 3 aromatic rings. The largest absolute Gasteiger partial charge is 0.279 e. The van der Waals surface area contributed by atoms with Gasteiger partial charge in [0.05, 0.1) is 10.0 Å². The smallest absolute Gasteiger partial charge is 0.264 e. The van der Waals surface area contributed by atoms with Crippen molar-refractivity contribution in [3.05, 3.63) is 32.9 Å². The Morgan fingerprint density at radius 2 is 1.90 bits per heavy atom. The zero-order valence-electron chi connectivity index (χ0n) is 9.59. The molecule has 0 aliphatic carbocycles. The Kier molecular flexibility index (Phi) is 3.33. The molecule has 2 aromatic heterocycles. The zero-order chi connectivity index (χ0) is 14.3. The fourth-order valence-corrected chi connectivity index (χ4v) is 4.82. The molecule has 1 aromatic carbocycles. The number of H-pyrrole nitrogens is 1. The summed E-state index contributed by atoms with van der Waals surface area (Å²) in [5.74, 6) is 0. The molecule has 0 fully saturated rings. The molecular weight excluding hydrogens is 343 g/mol. The third-order valence-electron chi connectivity index (χ3n) is 2.48. The van der Waals surface area contributed by atoms with E-state index in [1.165, 1.54) is 6.07 Å². The number of halogens is 2. The van der Waals surface area contributed by atoms with E-state index in [1.54, 1.807) is 18.2 Å².